The van der Waals surface area contributed by atoms with E-state index in [4.69, 9.17) is 16.6 Å². The van der Waals surface area contributed by atoms with Crippen molar-refractivity contribution >= 4 is 41.4 Å². The van der Waals surface area contributed by atoms with Crippen molar-refractivity contribution in [2.75, 3.05) is 18.6 Å². The second-order valence-electron chi connectivity index (χ2n) is 9.00. The third-order valence-electron chi connectivity index (χ3n) is 5.82. The fraction of sp³-hybridized carbons (Fsp3) is 0.560. The number of thioether (sulfide) groups is 1. The molecule has 0 aromatic heterocycles. The Morgan fingerprint density at radius 2 is 1.41 bits per heavy atom. The molecule has 0 saturated carbocycles. The normalized spacial score (nSPS) is 13.9. The van der Waals surface area contributed by atoms with Gasteiger partial charge in [-0.25, -0.2) is 4.79 Å². The lowest BCUT2D eigenvalue weighted by Gasteiger charge is -2.25. The number of hydrogen-bond donors (Lipinski definition) is 8. The smallest absolute Gasteiger partial charge is 0.326 e. The van der Waals surface area contributed by atoms with Crippen LogP contribution in [-0.4, -0.2) is 87.7 Å². The number of phenols is 1. The van der Waals surface area contributed by atoms with Crippen LogP contribution in [0.3, 0.4) is 0 Å². The lowest BCUT2D eigenvalue weighted by molar-refractivity contribution is -0.142. The van der Waals surface area contributed by atoms with Crippen molar-refractivity contribution in [2.45, 2.75) is 69.1 Å². The first-order valence-electron chi connectivity index (χ1n) is 12.6. The molecular weight excluding hydrogens is 530 g/mol. The molecule has 0 aliphatic carbocycles. The van der Waals surface area contributed by atoms with E-state index in [1.807, 2.05) is 6.26 Å². The maximum Gasteiger partial charge on any atom is 0.326 e. The van der Waals surface area contributed by atoms with Gasteiger partial charge >= 0.3 is 11.9 Å². The molecule has 39 heavy (non-hydrogen) atoms. The zero-order valence-electron chi connectivity index (χ0n) is 21.9. The Kier molecular flexibility index (Phi) is 15.6. The van der Waals surface area contributed by atoms with Gasteiger partial charge in [-0.1, -0.05) is 12.1 Å². The molecule has 0 radical (unpaired) electrons. The summed E-state index contributed by atoms with van der Waals surface area (Å²) in [5.74, 6) is -3.92. The molecule has 0 aliphatic heterocycles. The van der Waals surface area contributed by atoms with Crippen LogP contribution >= 0.6 is 11.8 Å². The van der Waals surface area contributed by atoms with Crippen molar-refractivity contribution in [1.82, 2.24) is 16.0 Å². The average molecular weight is 570 g/mol. The second kappa shape index (κ2) is 18.0. The summed E-state index contributed by atoms with van der Waals surface area (Å²) >= 11 is 1.44. The zero-order valence-corrected chi connectivity index (χ0v) is 22.7. The van der Waals surface area contributed by atoms with Gasteiger partial charge in [-0.3, -0.25) is 19.2 Å². The van der Waals surface area contributed by atoms with Gasteiger partial charge < -0.3 is 42.7 Å². The van der Waals surface area contributed by atoms with Crippen molar-refractivity contribution in [2.24, 2.45) is 11.5 Å². The third-order valence-corrected chi connectivity index (χ3v) is 6.46. The molecule has 1 aromatic carbocycles. The summed E-state index contributed by atoms with van der Waals surface area (Å²) in [5.41, 5.74) is 11.9. The number of carbonyl (C=O) groups is 5. The van der Waals surface area contributed by atoms with Gasteiger partial charge in [0.1, 0.15) is 23.9 Å². The molecular formula is C25H39N5O8S. The molecule has 3 amide bonds. The number of nitrogens with one attached hydrogen (secondary N) is 3. The van der Waals surface area contributed by atoms with Crippen LogP contribution in [0.5, 0.6) is 5.75 Å². The fourth-order valence-corrected chi connectivity index (χ4v) is 4.04. The molecule has 1 aromatic rings. The molecule has 14 heteroatoms. The Labute approximate surface area is 231 Å². The number of unbranched alkanes of at least 4 members (excludes halogenated alkanes) is 1. The lowest BCUT2D eigenvalue weighted by Crippen LogP contribution is -2.57. The number of benzene rings is 1. The summed E-state index contributed by atoms with van der Waals surface area (Å²) in [5, 5.41) is 35.5. The van der Waals surface area contributed by atoms with E-state index in [9.17, 15) is 34.2 Å². The molecule has 0 saturated heterocycles. The van der Waals surface area contributed by atoms with Crippen LogP contribution in [0.4, 0.5) is 0 Å². The zero-order chi connectivity index (χ0) is 29.4. The monoisotopic (exact) mass is 569 g/mol. The van der Waals surface area contributed by atoms with Crippen molar-refractivity contribution in [3.63, 3.8) is 0 Å². The van der Waals surface area contributed by atoms with Crippen LogP contribution in [0.2, 0.25) is 0 Å². The number of aliphatic carboxylic acids is 2. The van der Waals surface area contributed by atoms with Gasteiger partial charge in [-0.05, 0) is 68.4 Å². The number of rotatable bonds is 19. The first-order valence-corrected chi connectivity index (χ1v) is 14.0. The van der Waals surface area contributed by atoms with Crippen molar-refractivity contribution in [3.05, 3.63) is 29.8 Å². The molecule has 4 atom stereocenters. The van der Waals surface area contributed by atoms with Crippen LogP contribution in [0.15, 0.2) is 24.3 Å². The van der Waals surface area contributed by atoms with E-state index in [-0.39, 0.29) is 37.9 Å². The summed E-state index contributed by atoms with van der Waals surface area (Å²) < 4.78 is 0. The Balaban J connectivity index is 2.99. The Morgan fingerprint density at radius 1 is 0.846 bits per heavy atom. The average Bonchev–Trinajstić information content (AvgIpc) is 2.89. The van der Waals surface area contributed by atoms with E-state index in [0.29, 0.717) is 30.7 Å². The molecule has 218 valence electrons. The van der Waals surface area contributed by atoms with Crippen molar-refractivity contribution in [3.8, 4) is 5.75 Å². The summed E-state index contributed by atoms with van der Waals surface area (Å²) in [6, 6.07) is 1.32. The summed E-state index contributed by atoms with van der Waals surface area (Å²) in [6.07, 6.45) is 2.80. The fourth-order valence-electron chi connectivity index (χ4n) is 3.57. The maximum atomic E-state index is 13.1. The minimum Gasteiger partial charge on any atom is -0.508 e. The van der Waals surface area contributed by atoms with E-state index >= 15 is 0 Å². The molecule has 0 spiro atoms. The van der Waals surface area contributed by atoms with E-state index < -0.39 is 53.8 Å². The molecule has 10 N–H and O–H groups in total. The minimum absolute atomic E-state index is 0.0169. The molecule has 0 fully saturated rings. The summed E-state index contributed by atoms with van der Waals surface area (Å²) in [7, 11) is 0. The molecule has 0 aliphatic rings. The van der Waals surface area contributed by atoms with E-state index in [1.54, 1.807) is 0 Å². The number of carbonyl (C=O) groups excluding carboxylic acids is 3. The standard InChI is InChI=1S/C25H39N5O8S/c1-39-13-11-19(28-22(34)17(27)9-10-21(32)33)24(36)29-18(4-2-3-12-26)23(35)30-20(25(37)38)14-15-5-7-16(31)8-6-15/h5-8,17-20,31H,2-4,9-14,26-27H2,1H3,(H,28,34)(H,29,36)(H,30,35)(H,32,33)(H,37,38). The van der Waals surface area contributed by atoms with E-state index in [0.717, 1.165) is 0 Å². The van der Waals surface area contributed by atoms with Crippen LogP contribution in [-0.2, 0) is 30.4 Å². The molecule has 13 nitrogen and oxygen atoms in total. The largest absolute Gasteiger partial charge is 0.508 e. The molecule has 4 unspecified atom stereocenters. The van der Waals surface area contributed by atoms with Gasteiger partial charge in [0.25, 0.3) is 0 Å². The van der Waals surface area contributed by atoms with Crippen molar-refractivity contribution < 1.29 is 39.3 Å². The first kappa shape index (κ1) is 33.7. The molecule has 1 rings (SSSR count). The summed E-state index contributed by atoms with van der Waals surface area (Å²) in [6.45, 7) is 0.363. The van der Waals surface area contributed by atoms with Crippen molar-refractivity contribution in [1.29, 1.82) is 0 Å². The first-order chi connectivity index (χ1) is 18.5. The van der Waals surface area contributed by atoms with E-state index in [1.165, 1.54) is 36.0 Å². The Bertz CT molecular complexity index is 962. The van der Waals surface area contributed by atoms with Gasteiger partial charge in [0.2, 0.25) is 17.7 Å². The molecule has 0 bridgehead atoms. The highest BCUT2D eigenvalue weighted by Gasteiger charge is 2.30. The minimum atomic E-state index is -1.30. The number of carboxylic acid groups (broad SMARTS) is 2. The third kappa shape index (κ3) is 13.3. The van der Waals surface area contributed by atoms with Gasteiger partial charge in [-0.15, -0.1) is 0 Å². The van der Waals surface area contributed by atoms with E-state index in [2.05, 4.69) is 16.0 Å². The number of hydrogen-bond acceptors (Lipinski definition) is 9. The number of aromatic hydroxyl groups is 1. The lowest BCUT2D eigenvalue weighted by atomic mass is 10.0. The van der Waals surface area contributed by atoms with Gasteiger partial charge in [0.15, 0.2) is 0 Å². The predicted octanol–water partition coefficient (Wildman–Crippen LogP) is -0.452. The van der Waals surface area contributed by atoms with Crippen LogP contribution in [0, 0.1) is 0 Å². The maximum absolute atomic E-state index is 13.1. The molecule has 0 heterocycles. The Hall–Kier alpha value is -3.36. The number of amides is 3. The highest BCUT2D eigenvalue weighted by atomic mass is 32.2. The van der Waals surface area contributed by atoms with Gasteiger partial charge in [-0.2, -0.15) is 11.8 Å². The Morgan fingerprint density at radius 3 is 1.95 bits per heavy atom. The summed E-state index contributed by atoms with van der Waals surface area (Å²) in [4.78, 5) is 61.4. The predicted molar refractivity (Wildman–Crippen MR) is 146 cm³/mol. The van der Waals surface area contributed by atoms with Crippen LogP contribution in [0.1, 0.15) is 44.1 Å². The number of phenolic OH excluding ortho intramolecular Hbond substituents is 1. The highest BCUT2D eigenvalue weighted by Crippen LogP contribution is 2.12. The second-order valence-corrected chi connectivity index (χ2v) is 9.98. The van der Waals surface area contributed by atoms with Crippen LogP contribution < -0.4 is 27.4 Å². The SMILES string of the molecule is CSCCC(NC(=O)C(N)CCC(=O)O)C(=O)NC(CCCCN)C(=O)NC(Cc1ccc(O)cc1)C(=O)O. The number of carboxylic acids is 2. The number of nitrogens with two attached hydrogens (primary N) is 2. The van der Waals surface area contributed by atoms with Gasteiger partial charge in [0.05, 0.1) is 6.04 Å². The highest BCUT2D eigenvalue weighted by molar-refractivity contribution is 7.98. The van der Waals surface area contributed by atoms with Crippen LogP contribution in [0.25, 0.3) is 0 Å². The van der Waals surface area contributed by atoms with Gasteiger partial charge in [0, 0.05) is 12.8 Å². The topological polar surface area (TPSA) is 234 Å². The quantitative estimate of drug-likeness (QED) is 0.0993.